The van der Waals surface area contributed by atoms with E-state index in [4.69, 9.17) is 9.73 Å². The minimum atomic E-state index is -4.20. The molecule has 174 valence electrons. The zero-order chi connectivity index (χ0) is 22.4. The van der Waals surface area contributed by atoms with Crippen molar-refractivity contribution >= 4 is 11.8 Å². The summed E-state index contributed by atoms with van der Waals surface area (Å²) in [5.74, 6) is 1.66. The molecule has 31 heavy (non-hydrogen) atoms. The molecule has 1 aromatic rings. The first-order valence-electron chi connectivity index (χ1n) is 10.9. The molecule has 2 aliphatic heterocycles. The molecule has 2 aliphatic rings. The van der Waals surface area contributed by atoms with Gasteiger partial charge in [0.25, 0.3) is 0 Å². The first kappa shape index (κ1) is 23.6. The van der Waals surface area contributed by atoms with Gasteiger partial charge in [0.05, 0.1) is 19.3 Å². The van der Waals surface area contributed by atoms with E-state index in [2.05, 4.69) is 22.1 Å². The maximum Gasteiger partial charge on any atom is 0.403 e. The van der Waals surface area contributed by atoms with Gasteiger partial charge in [0.15, 0.2) is 5.96 Å². The number of nitrogens with one attached hydrogen (secondary N) is 1. The van der Waals surface area contributed by atoms with E-state index in [0.29, 0.717) is 45.9 Å². The van der Waals surface area contributed by atoms with Crippen molar-refractivity contribution in [2.45, 2.75) is 45.6 Å². The van der Waals surface area contributed by atoms with E-state index in [1.165, 1.54) is 11.8 Å². The third kappa shape index (κ3) is 6.46. The lowest BCUT2D eigenvalue weighted by Gasteiger charge is -2.39. The van der Waals surface area contributed by atoms with Gasteiger partial charge in [-0.15, -0.1) is 0 Å². The Labute approximate surface area is 182 Å². The van der Waals surface area contributed by atoms with Gasteiger partial charge in [-0.2, -0.15) is 13.2 Å². The van der Waals surface area contributed by atoms with E-state index < -0.39 is 12.2 Å². The summed E-state index contributed by atoms with van der Waals surface area (Å²) in [6.07, 6.45) is -2.16. The van der Waals surface area contributed by atoms with Crippen molar-refractivity contribution in [2.75, 3.05) is 57.3 Å². The fourth-order valence-electron chi connectivity index (χ4n) is 3.84. The number of morpholine rings is 1. The molecule has 0 saturated carbocycles. The van der Waals surface area contributed by atoms with E-state index in [-0.39, 0.29) is 6.10 Å². The fraction of sp³-hybridized carbons (Fsp3) is 0.714. The lowest BCUT2D eigenvalue weighted by Crippen LogP contribution is -2.56. The van der Waals surface area contributed by atoms with Gasteiger partial charge in [0.1, 0.15) is 11.9 Å². The van der Waals surface area contributed by atoms with Crippen molar-refractivity contribution in [1.82, 2.24) is 20.1 Å². The zero-order valence-electron chi connectivity index (χ0n) is 18.5. The molecule has 7 nitrogen and oxygen atoms in total. The lowest BCUT2D eigenvalue weighted by atomic mass is 10.2. The average Bonchev–Trinajstić information content (AvgIpc) is 2.76. The Bertz CT molecular complexity index is 719. The molecule has 0 spiro atoms. The van der Waals surface area contributed by atoms with Crippen molar-refractivity contribution in [3.63, 3.8) is 0 Å². The topological polar surface area (TPSA) is 56.2 Å². The second kappa shape index (κ2) is 10.5. The normalized spacial score (nSPS) is 22.5. The molecule has 3 rings (SSSR count). The largest absolute Gasteiger partial charge is 0.403 e. The number of aliphatic imine (C=N–C) groups is 1. The number of halogens is 3. The Hall–Kier alpha value is -2.07. The van der Waals surface area contributed by atoms with E-state index >= 15 is 0 Å². The Kier molecular flexibility index (Phi) is 7.99. The smallest absolute Gasteiger partial charge is 0.375 e. The van der Waals surface area contributed by atoms with Gasteiger partial charge in [-0.1, -0.05) is 6.07 Å². The Balaban J connectivity index is 1.57. The van der Waals surface area contributed by atoms with Crippen LogP contribution in [0, 0.1) is 0 Å². The number of guanidine groups is 1. The van der Waals surface area contributed by atoms with Crippen molar-refractivity contribution in [1.29, 1.82) is 0 Å². The highest BCUT2D eigenvalue weighted by Gasteiger charge is 2.41. The predicted molar refractivity (Wildman–Crippen MR) is 115 cm³/mol. The molecule has 3 heterocycles. The van der Waals surface area contributed by atoms with Gasteiger partial charge < -0.3 is 19.9 Å². The van der Waals surface area contributed by atoms with Crippen LogP contribution in [-0.2, 0) is 11.3 Å². The van der Waals surface area contributed by atoms with Crippen LogP contribution in [0.4, 0.5) is 19.0 Å². The van der Waals surface area contributed by atoms with Crippen molar-refractivity contribution in [2.24, 2.45) is 4.99 Å². The summed E-state index contributed by atoms with van der Waals surface area (Å²) >= 11 is 0. The maximum absolute atomic E-state index is 13.0. The zero-order valence-corrected chi connectivity index (χ0v) is 18.5. The van der Waals surface area contributed by atoms with E-state index in [9.17, 15) is 13.2 Å². The summed E-state index contributed by atoms with van der Waals surface area (Å²) in [6.45, 7) is 10.5. The van der Waals surface area contributed by atoms with Crippen LogP contribution in [0.3, 0.4) is 0 Å². The number of hydrogen-bond donors (Lipinski definition) is 1. The van der Waals surface area contributed by atoms with E-state index in [1.807, 2.05) is 30.2 Å². The minimum Gasteiger partial charge on any atom is -0.375 e. The Morgan fingerprint density at radius 1 is 1.26 bits per heavy atom. The number of anilines is 1. The van der Waals surface area contributed by atoms with Crippen LogP contribution in [0.1, 0.15) is 26.3 Å². The number of rotatable bonds is 5. The van der Waals surface area contributed by atoms with Crippen LogP contribution in [-0.4, -0.2) is 91.5 Å². The lowest BCUT2D eigenvalue weighted by molar-refractivity contribution is -0.181. The molecule has 2 saturated heterocycles. The second-order valence-corrected chi connectivity index (χ2v) is 8.06. The van der Waals surface area contributed by atoms with Crippen LogP contribution < -0.4 is 10.2 Å². The first-order chi connectivity index (χ1) is 14.8. The fourth-order valence-corrected chi connectivity index (χ4v) is 3.84. The average molecular weight is 443 g/mol. The molecule has 2 unspecified atom stereocenters. The van der Waals surface area contributed by atoms with E-state index in [0.717, 1.165) is 30.4 Å². The second-order valence-electron chi connectivity index (χ2n) is 8.06. The SMILES string of the molecule is CCNC(=NCc1ccc(N2CCOC(C)C2)nc1)N1CCN(C(C)C(F)(F)F)CC1. The summed E-state index contributed by atoms with van der Waals surface area (Å²) < 4.78 is 44.5. The summed E-state index contributed by atoms with van der Waals surface area (Å²) in [6, 6.07) is 2.61. The molecular formula is C21H33F3N6O. The number of piperazine rings is 1. The first-order valence-corrected chi connectivity index (χ1v) is 10.9. The quantitative estimate of drug-likeness (QED) is 0.558. The summed E-state index contributed by atoms with van der Waals surface area (Å²) in [7, 11) is 0. The Morgan fingerprint density at radius 2 is 2.00 bits per heavy atom. The summed E-state index contributed by atoms with van der Waals surface area (Å²) in [5, 5.41) is 3.26. The van der Waals surface area contributed by atoms with Crippen molar-refractivity contribution in [3.8, 4) is 0 Å². The molecule has 0 aromatic carbocycles. The number of hydrogen-bond acceptors (Lipinski definition) is 5. The van der Waals surface area contributed by atoms with Crippen LogP contribution in [0.15, 0.2) is 23.3 Å². The highest BCUT2D eigenvalue weighted by Crippen LogP contribution is 2.25. The molecule has 0 amide bonds. The highest BCUT2D eigenvalue weighted by molar-refractivity contribution is 5.80. The van der Waals surface area contributed by atoms with Gasteiger partial charge in [-0.3, -0.25) is 4.90 Å². The summed E-state index contributed by atoms with van der Waals surface area (Å²) in [5.41, 5.74) is 0.991. The van der Waals surface area contributed by atoms with Crippen LogP contribution >= 0.6 is 0 Å². The van der Waals surface area contributed by atoms with Crippen molar-refractivity contribution < 1.29 is 17.9 Å². The Morgan fingerprint density at radius 3 is 2.58 bits per heavy atom. The molecule has 0 radical (unpaired) electrons. The number of nitrogens with zero attached hydrogens (tertiary/aromatic N) is 5. The molecule has 2 atom stereocenters. The van der Waals surface area contributed by atoms with Crippen molar-refractivity contribution in [3.05, 3.63) is 23.9 Å². The third-order valence-corrected chi connectivity index (χ3v) is 5.76. The van der Waals surface area contributed by atoms with Gasteiger partial charge in [-0.25, -0.2) is 9.98 Å². The highest BCUT2D eigenvalue weighted by atomic mass is 19.4. The minimum absolute atomic E-state index is 0.196. The van der Waals surface area contributed by atoms with Crippen LogP contribution in [0.2, 0.25) is 0 Å². The standard InChI is InChI=1S/C21H33F3N6O/c1-4-25-20(29-9-7-28(8-10-29)17(3)21(22,23)24)27-14-18-5-6-19(26-13-18)30-11-12-31-16(2)15-30/h5-6,13,16-17H,4,7-12,14-15H2,1-3H3,(H,25,27). The molecule has 1 aromatic heterocycles. The van der Waals surface area contributed by atoms with Gasteiger partial charge in [0.2, 0.25) is 0 Å². The van der Waals surface area contributed by atoms with Gasteiger partial charge in [-0.05, 0) is 32.4 Å². The molecule has 0 aliphatic carbocycles. The monoisotopic (exact) mass is 442 g/mol. The van der Waals surface area contributed by atoms with Gasteiger partial charge >= 0.3 is 6.18 Å². The predicted octanol–water partition coefficient (Wildman–Crippen LogP) is 2.34. The molecule has 0 bridgehead atoms. The number of ether oxygens (including phenoxy) is 1. The molecule has 1 N–H and O–H groups in total. The number of pyridine rings is 1. The maximum atomic E-state index is 13.0. The van der Waals surface area contributed by atoms with Gasteiger partial charge in [0, 0.05) is 52.0 Å². The summed E-state index contributed by atoms with van der Waals surface area (Å²) in [4.78, 5) is 15.0. The van der Waals surface area contributed by atoms with Crippen LogP contribution in [0.5, 0.6) is 0 Å². The van der Waals surface area contributed by atoms with E-state index in [1.54, 1.807) is 0 Å². The molecule has 10 heteroatoms. The van der Waals surface area contributed by atoms with Crippen LogP contribution in [0.25, 0.3) is 0 Å². The third-order valence-electron chi connectivity index (χ3n) is 5.76. The molecule has 2 fully saturated rings. The number of aromatic nitrogens is 1. The molecular weight excluding hydrogens is 409 g/mol. The number of alkyl halides is 3.